The standard InChI is InChI=1S/C29H32N4O2.ClH/c1-22(31-20-27(34)25-10-6-3-7-11-25)18-23-12-14-26(15-13-23)32-29(35)19-28-30-16-17-33(28)21-24-8-4-2-5-9-24;/h2-17,22,27,31,34H,18-21H2,1H3,(H,32,35);1H. The van der Waals surface area contributed by atoms with Crippen molar-refractivity contribution >= 4 is 24.0 Å². The van der Waals surface area contributed by atoms with Gasteiger partial charge in [-0.25, -0.2) is 4.98 Å². The fraction of sp³-hybridized carbons (Fsp3) is 0.241. The molecular weight excluding hydrogens is 472 g/mol. The molecule has 1 amide bonds. The molecule has 0 radical (unpaired) electrons. The predicted octanol–water partition coefficient (Wildman–Crippen LogP) is 4.79. The van der Waals surface area contributed by atoms with E-state index in [0.717, 1.165) is 29.1 Å². The van der Waals surface area contributed by atoms with Crippen molar-refractivity contribution in [1.29, 1.82) is 0 Å². The van der Waals surface area contributed by atoms with Gasteiger partial charge in [0.05, 0.1) is 12.5 Å². The van der Waals surface area contributed by atoms with Gasteiger partial charge < -0.3 is 20.3 Å². The lowest BCUT2D eigenvalue weighted by molar-refractivity contribution is -0.115. The summed E-state index contributed by atoms with van der Waals surface area (Å²) < 4.78 is 2.00. The van der Waals surface area contributed by atoms with Gasteiger partial charge in [0, 0.05) is 37.2 Å². The van der Waals surface area contributed by atoms with E-state index in [1.54, 1.807) is 6.20 Å². The topological polar surface area (TPSA) is 79.2 Å². The molecule has 4 rings (SSSR count). The van der Waals surface area contributed by atoms with Crippen LogP contribution >= 0.6 is 12.4 Å². The molecule has 2 atom stereocenters. The van der Waals surface area contributed by atoms with Crippen molar-refractivity contribution in [3.8, 4) is 0 Å². The maximum atomic E-state index is 12.6. The Morgan fingerprint density at radius 1 is 0.944 bits per heavy atom. The SMILES string of the molecule is CC(Cc1ccc(NC(=O)Cc2nccn2Cc2ccccc2)cc1)NCC(O)c1ccccc1.Cl. The van der Waals surface area contributed by atoms with E-state index in [2.05, 4.69) is 34.7 Å². The third-order valence-electron chi connectivity index (χ3n) is 5.94. The highest BCUT2D eigenvalue weighted by Crippen LogP contribution is 2.14. The van der Waals surface area contributed by atoms with Crippen molar-refractivity contribution in [2.45, 2.75) is 38.5 Å². The molecule has 6 nitrogen and oxygen atoms in total. The maximum absolute atomic E-state index is 12.6. The zero-order valence-electron chi connectivity index (χ0n) is 20.4. The minimum atomic E-state index is -0.528. The lowest BCUT2D eigenvalue weighted by Crippen LogP contribution is -2.32. The Morgan fingerprint density at radius 2 is 1.61 bits per heavy atom. The van der Waals surface area contributed by atoms with E-state index in [0.29, 0.717) is 13.1 Å². The quantitative estimate of drug-likeness (QED) is 0.274. The highest BCUT2D eigenvalue weighted by Gasteiger charge is 2.12. The molecule has 1 heterocycles. The third-order valence-corrected chi connectivity index (χ3v) is 5.94. The normalized spacial score (nSPS) is 12.4. The summed E-state index contributed by atoms with van der Waals surface area (Å²) >= 11 is 0. The summed E-state index contributed by atoms with van der Waals surface area (Å²) in [5.41, 5.74) is 4.01. The van der Waals surface area contributed by atoms with Gasteiger partial charge >= 0.3 is 0 Å². The predicted molar refractivity (Wildman–Crippen MR) is 146 cm³/mol. The van der Waals surface area contributed by atoms with Crippen LogP contribution in [0.5, 0.6) is 0 Å². The van der Waals surface area contributed by atoms with Crippen molar-refractivity contribution < 1.29 is 9.90 Å². The zero-order chi connectivity index (χ0) is 24.5. The number of anilines is 1. The van der Waals surface area contributed by atoms with Crippen LogP contribution in [0.2, 0.25) is 0 Å². The molecule has 4 aromatic rings. The number of benzene rings is 3. The number of nitrogens with zero attached hydrogens (tertiary/aromatic N) is 2. The molecule has 36 heavy (non-hydrogen) atoms. The lowest BCUT2D eigenvalue weighted by Gasteiger charge is -2.18. The molecule has 1 aromatic heterocycles. The molecule has 3 N–H and O–H groups in total. The Labute approximate surface area is 218 Å². The summed E-state index contributed by atoms with van der Waals surface area (Å²) in [6.45, 7) is 3.29. The van der Waals surface area contributed by atoms with E-state index in [9.17, 15) is 9.90 Å². The van der Waals surface area contributed by atoms with Gasteiger partial charge in [0.2, 0.25) is 5.91 Å². The van der Waals surface area contributed by atoms with E-state index in [1.807, 2.05) is 83.6 Å². The first-order valence-corrected chi connectivity index (χ1v) is 12.0. The average molecular weight is 505 g/mol. The van der Waals surface area contributed by atoms with E-state index < -0.39 is 6.10 Å². The van der Waals surface area contributed by atoms with Crippen LogP contribution in [0, 0.1) is 0 Å². The van der Waals surface area contributed by atoms with Crippen LogP contribution in [-0.2, 0) is 24.2 Å². The van der Waals surface area contributed by atoms with Crippen molar-refractivity contribution in [3.05, 3.63) is 120 Å². The van der Waals surface area contributed by atoms with Crippen molar-refractivity contribution in [2.24, 2.45) is 0 Å². The van der Waals surface area contributed by atoms with Crippen LogP contribution in [0.4, 0.5) is 5.69 Å². The Bertz CT molecular complexity index is 1200. The van der Waals surface area contributed by atoms with Crippen LogP contribution < -0.4 is 10.6 Å². The molecule has 3 aromatic carbocycles. The minimum Gasteiger partial charge on any atom is -0.387 e. The number of rotatable bonds is 11. The number of aromatic nitrogens is 2. The van der Waals surface area contributed by atoms with Crippen molar-refractivity contribution in [3.63, 3.8) is 0 Å². The van der Waals surface area contributed by atoms with Crippen LogP contribution in [0.1, 0.15) is 35.5 Å². The molecule has 0 aliphatic carbocycles. The Hall–Kier alpha value is -3.45. The second-order valence-electron chi connectivity index (χ2n) is 8.82. The first kappa shape index (κ1) is 27.1. The van der Waals surface area contributed by atoms with Gasteiger partial charge in [-0.15, -0.1) is 12.4 Å². The molecule has 0 fully saturated rings. The van der Waals surface area contributed by atoms with Gasteiger partial charge in [-0.05, 0) is 42.2 Å². The fourth-order valence-corrected chi connectivity index (χ4v) is 4.04. The molecule has 0 spiro atoms. The molecule has 188 valence electrons. The lowest BCUT2D eigenvalue weighted by atomic mass is 10.1. The fourth-order valence-electron chi connectivity index (χ4n) is 4.04. The van der Waals surface area contributed by atoms with Gasteiger partial charge in [-0.1, -0.05) is 72.8 Å². The summed E-state index contributed by atoms with van der Waals surface area (Å²) in [5.74, 6) is 0.642. The minimum absolute atomic E-state index is 0. The van der Waals surface area contributed by atoms with Gasteiger partial charge in [0.25, 0.3) is 0 Å². The molecular formula is C29H33ClN4O2. The van der Waals surface area contributed by atoms with Crippen LogP contribution in [0.3, 0.4) is 0 Å². The van der Waals surface area contributed by atoms with E-state index in [4.69, 9.17) is 0 Å². The number of carbonyl (C=O) groups excluding carboxylic acids is 1. The van der Waals surface area contributed by atoms with Gasteiger partial charge in [0.15, 0.2) is 0 Å². The smallest absolute Gasteiger partial charge is 0.231 e. The Morgan fingerprint density at radius 3 is 2.31 bits per heavy atom. The largest absolute Gasteiger partial charge is 0.387 e. The summed E-state index contributed by atoms with van der Waals surface area (Å²) in [6.07, 6.45) is 4.14. The number of nitrogens with one attached hydrogen (secondary N) is 2. The second kappa shape index (κ2) is 13.6. The molecule has 7 heteroatoms. The highest BCUT2D eigenvalue weighted by atomic mass is 35.5. The van der Waals surface area contributed by atoms with E-state index in [-0.39, 0.29) is 30.8 Å². The molecule has 0 bridgehead atoms. The number of hydrogen-bond acceptors (Lipinski definition) is 4. The monoisotopic (exact) mass is 504 g/mol. The van der Waals surface area contributed by atoms with Crippen molar-refractivity contribution in [2.75, 3.05) is 11.9 Å². The first-order chi connectivity index (χ1) is 17.1. The number of halogens is 1. The highest BCUT2D eigenvalue weighted by molar-refractivity contribution is 5.91. The molecule has 2 unspecified atom stereocenters. The van der Waals surface area contributed by atoms with E-state index >= 15 is 0 Å². The summed E-state index contributed by atoms with van der Waals surface area (Å²) in [6, 6.07) is 27.9. The van der Waals surface area contributed by atoms with Crippen LogP contribution in [0.15, 0.2) is 97.3 Å². The Balaban J connectivity index is 0.00000361. The van der Waals surface area contributed by atoms with Gasteiger partial charge in [-0.2, -0.15) is 0 Å². The average Bonchev–Trinajstić information content (AvgIpc) is 3.31. The summed E-state index contributed by atoms with van der Waals surface area (Å²) in [4.78, 5) is 17.0. The van der Waals surface area contributed by atoms with Crippen LogP contribution in [-0.4, -0.2) is 33.2 Å². The first-order valence-electron chi connectivity index (χ1n) is 12.0. The number of hydrogen-bond donors (Lipinski definition) is 3. The summed E-state index contributed by atoms with van der Waals surface area (Å²) in [7, 11) is 0. The molecule has 0 saturated carbocycles. The molecule has 0 aliphatic rings. The number of imidazole rings is 1. The van der Waals surface area contributed by atoms with Crippen molar-refractivity contribution in [1.82, 2.24) is 14.9 Å². The molecule has 0 saturated heterocycles. The third kappa shape index (κ3) is 8.05. The molecule has 0 aliphatic heterocycles. The number of amides is 1. The maximum Gasteiger partial charge on any atom is 0.231 e. The Kier molecular flexibility index (Phi) is 10.2. The number of carbonyl (C=O) groups is 1. The van der Waals surface area contributed by atoms with E-state index in [1.165, 1.54) is 5.56 Å². The van der Waals surface area contributed by atoms with Gasteiger partial charge in [-0.3, -0.25) is 4.79 Å². The number of aliphatic hydroxyl groups excluding tert-OH is 1. The van der Waals surface area contributed by atoms with Gasteiger partial charge in [0.1, 0.15) is 5.82 Å². The second-order valence-corrected chi connectivity index (χ2v) is 8.82. The van der Waals surface area contributed by atoms with Crippen LogP contribution in [0.25, 0.3) is 0 Å². The zero-order valence-corrected chi connectivity index (χ0v) is 21.2. The summed E-state index contributed by atoms with van der Waals surface area (Å²) in [5, 5.41) is 16.7. The number of aliphatic hydroxyl groups is 1.